The van der Waals surface area contributed by atoms with Gasteiger partial charge in [0, 0.05) is 33.4 Å². The molecule has 0 bridgehead atoms. The molecule has 0 aliphatic rings. The second-order valence-electron chi connectivity index (χ2n) is 13.7. The van der Waals surface area contributed by atoms with E-state index < -0.39 is 0 Å². The largest absolute Gasteiger partial charge is 0.310 e. The number of aromatic nitrogens is 1. The minimum atomic E-state index is 1.09. The van der Waals surface area contributed by atoms with E-state index in [0.29, 0.717) is 0 Å². The van der Waals surface area contributed by atoms with Gasteiger partial charge in [0.2, 0.25) is 0 Å². The average molecular weight is 689 g/mol. The van der Waals surface area contributed by atoms with Gasteiger partial charge in [-0.1, -0.05) is 170 Å². The molecular weight excluding hydrogens is 653 g/mol. The third kappa shape index (κ3) is 5.44. The predicted octanol–water partition coefficient (Wildman–Crippen LogP) is 14.4. The molecule has 0 saturated heterocycles. The van der Waals surface area contributed by atoms with E-state index in [2.05, 4.69) is 228 Å². The van der Waals surface area contributed by atoms with Crippen molar-refractivity contribution in [3.05, 3.63) is 218 Å². The first kappa shape index (κ1) is 31.6. The van der Waals surface area contributed by atoms with Gasteiger partial charge in [-0.15, -0.1) is 0 Å². The van der Waals surface area contributed by atoms with Gasteiger partial charge in [0.05, 0.1) is 16.7 Å². The van der Waals surface area contributed by atoms with E-state index in [4.69, 9.17) is 0 Å². The Bertz CT molecular complexity index is 2920. The Balaban J connectivity index is 1.20. The minimum absolute atomic E-state index is 1.09. The highest BCUT2D eigenvalue weighted by Gasteiger charge is 2.21. The van der Waals surface area contributed by atoms with Gasteiger partial charge in [-0.3, -0.25) is 0 Å². The monoisotopic (exact) mass is 688 g/mol. The van der Waals surface area contributed by atoms with Crippen molar-refractivity contribution in [1.29, 1.82) is 0 Å². The second-order valence-corrected chi connectivity index (χ2v) is 13.7. The van der Waals surface area contributed by atoms with Gasteiger partial charge < -0.3 is 9.47 Å². The first-order chi connectivity index (χ1) is 26.8. The molecule has 0 fully saturated rings. The van der Waals surface area contributed by atoms with Crippen LogP contribution in [0.5, 0.6) is 0 Å². The fraction of sp³-hybridized carbons (Fsp3) is 0. The Morgan fingerprint density at radius 3 is 1.63 bits per heavy atom. The number of benzene rings is 9. The van der Waals surface area contributed by atoms with E-state index in [-0.39, 0.29) is 0 Å². The molecule has 0 radical (unpaired) electrons. The van der Waals surface area contributed by atoms with Crippen LogP contribution in [-0.4, -0.2) is 4.57 Å². The summed E-state index contributed by atoms with van der Waals surface area (Å²) in [6.07, 6.45) is 0. The molecule has 2 nitrogen and oxygen atoms in total. The highest BCUT2D eigenvalue weighted by Crippen LogP contribution is 2.45. The number of hydrogen-bond donors (Lipinski definition) is 0. The summed E-state index contributed by atoms with van der Waals surface area (Å²) in [6, 6.07) is 78.9. The molecule has 10 aromatic rings. The maximum atomic E-state index is 2.43. The SMILES string of the molecule is c1ccc(-c2ccccc2-c2ccc(N(c3ccc4c5ccccc5n(-c5ccccc5)c4c3)c3ccccc3-c3cccc4ccccc34)cc2)cc1. The molecule has 0 aliphatic carbocycles. The summed E-state index contributed by atoms with van der Waals surface area (Å²) in [4.78, 5) is 2.43. The van der Waals surface area contributed by atoms with Crippen LogP contribution in [0, 0.1) is 0 Å². The molecule has 9 aromatic carbocycles. The van der Waals surface area contributed by atoms with Crippen molar-refractivity contribution in [3.63, 3.8) is 0 Å². The lowest BCUT2D eigenvalue weighted by atomic mass is 9.94. The van der Waals surface area contributed by atoms with Crippen LogP contribution >= 0.6 is 0 Å². The van der Waals surface area contributed by atoms with E-state index >= 15 is 0 Å². The number of rotatable bonds is 7. The first-order valence-corrected chi connectivity index (χ1v) is 18.5. The number of nitrogens with zero attached hydrogens (tertiary/aromatic N) is 2. The van der Waals surface area contributed by atoms with E-state index in [9.17, 15) is 0 Å². The molecule has 10 rings (SSSR count). The Kier molecular flexibility index (Phi) is 7.85. The summed E-state index contributed by atoms with van der Waals surface area (Å²) in [7, 11) is 0. The second kappa shape index (κ2) is 13.4. The summed E-state index contributed by atoms with van der Waals surface area (Å²) in [6.45, 7) is 0. The number of anilines is 3. The van der Waals surface area contributed by atoms with Gasteiger partial charge in [-0.05, 0) is 87.1 Å². The van der Waals surface area contributed by atoms with Crippen LogP contribution in [0.4, 0.5) is 17.1 Å². The minimum Gasteiger partial charge on any atom is -0.310 e. The molecule has 0 amide bonds. The quantitative estimate of drug-likeness (QED) is 0.162. The van der Waals surface area contributed by atoms with Gasteiger partial charge in [-0.25, -0.2) is 0 Å². The maximum absolute atomic E-state index is 2.43. The predicted molar refractivity (Wildman–Crippen MR) is 229 cm³/mol. The van der Waals surface area contributed by atoms with Crippen molar-refractivity contribution >= 4 is 49.6 Å². The van der Waals surface area contributed by atoms with Crippen molar-refractivity contribution < 1.29 is 0 Å². The van der Waals surface area contributed by atoms with E-state index in [0.717, 1.165) is 22.7 Å². The van der Waals surface area contributed by atoms with Crippen LogP contribution in [-0.2, 0) is 0 Å². The number of hydrogen-bond acceptors (Lipinski definition) is 1. The third-order valence-electron chi connectivity index (χ3n) is 10.6. The van der Waals surface area contributed by atoms with Crippen LogP contribution in [0.3, 0.4) is 0 Å². The lowest BCUT2D eigenvalue weighted by Crippen LogP contribution is -2.11. The van der Waals surface area contributed by atoms with Gasteiger partial charge in [0.1, 0.15) is 0 Å². The molecule has 1 heterocycles. The summed E-state index contributed by atoms with van der Waals surface area (Å²) in [5, 5.41) is 4.94. The van der Waals surface area contributed by atoms with Crippen LogP contribution in [0.25, 0.3) is 71.6 Å². The first-order valence-electron chi connectivity index (χ1n) is 18.5. The van der Waals surface area contributed by atoms with Crippen molar-refractivity contribution in [2.75, 3.05) is 4.90 Å². The van der Waals surface area contributed by atoms with E-state index in [1.54, 1.807) is 0 Å². The van der Waals surface area contributed by atoms with Crippen molar-refractivity contribution in [1.82, 2.24) is 4.57 Å². The Morgan fingerprint density at radius 1 is 0.315 bits per heavy atom. The average Bonchev–Trinajstić information content (AvgIpc) is 3.58. The summed E-state index contributed by atoms with van der Waals surface area (Å²) in [5.41, 5.74) is 14.0. The molecule has 0 N–H and O–H groups in total. The molecule has 2 heteroatoms. The zero-order valence-corrected chi connectivity index (χ0v) is 29.7. The highest BCUT2D eigenvalue weighted by molar-refractivity contribution is 6.11. The molecule has 54 heavy (non-hydrogen) atoms. The summed E-state index contributed by atoms with van der Waals surface area (Å²) >= 11 is 0. The molecular formula is C52H36N2. The van der Waals surface area contributed by atoms with Crippen LogP contribution < -0.4 is 4.90 Å². The van der Waals surface area contributed by atoms with Crippen molar-refractivity contribution in [2.24, 2.45) is 0 Å². The van der Waals surface area contributed by atoms with Crippen LogP contribution in [0.1, 0.15) is 0 Å². The standard InChI is InChI=1S/C52H36N2/c1-3-16-37(17-4-1)43-22-9-10-23-44(43)39-30-32-41(33-31-39)53(50-28-13-11-25-47(50)46-27-15-19-38-18-7-8-24-45(38)46)42-34-35-49-48-26-12-14-29-51(48)54(52(49)36-42)40-20-5-2-6-21-40/h1-36H. The normalized spacial score (nSPS) is 11.3. The molecule has 0 aliphatic heterocycles. The van der Waals surface area contributed by atoms with Gasteiger partial charge in [0.15, 0.2) is 0 Å². The smallest absolute Gasteiger partial charge is 0.0561 e. The fourth-order valence-electron chi connectivity index (χ4n) is 8.13. The maximum Gasteiger partial charge on any atom is 0.0561 e. The van der Waals surface area contributed by atoms with Crippen molar-refractivity contribution in [3.8, 4) is 39.1 Å². The summed E-state index contributed by atoms with van der Waals surface area (Å²) < 4.78 is 2.40. The fourth-order valence-corrected chi connectivity index (χ4v) is 8.13. The van der Waals surface area contributed by atoms with Crippen LogP contribution in [0.2, 0.25) is 0 Å². The Hall–Kier alpha value is -7.16. The Morgan fingerprint density at radius 2 is 0.852 bits per heavy atom. The lowest BCUT2D eigenvalue weighted by Gasteiger charge is -2.28. The summed E-state index contributed by atoms with van der Waals surface area (Å²) in [5.74, 6) is 0. The number of fused-ring (bicyclic) bond motifs is 4. The molecule has 0 unspecified atom stereocenters. The van der Waals surface area contributed by atoms with Crippen LogP contribution in [0.15, 0.2) is 218 Å². The zero-order chi connectivity index (χ0) is 35.8. The molecule has 0 spiro atoms. The molecule has 1 aromatic heterocycles. The molecule has 254 valence electrons. The van der Waals surface area contributed by atoms with Gasteiger partial charge in [0.25, 0.3) is 0 Å². The Labute approximate surface area is 315 Å². The highest BCUT2D eigenvalue weighted by atomic mass is 15.1. The third-order valence-corrected chi connectivity index (χ3v) is 10.6. The topological polar surface area (TPSA) is 8.17 Å². The lowest BCUT2D eigenvalue weighted by molar-refractivity contribution is 1.18. The van der Waals surface area contributed by atoms with Crippen molar-refractivity contribution in [2.45, 2.75) is 0 Å². The van der Waals surface area contributed by atoms with Gasteiger partial charge in [-0.2, -0.15) is 0 Å². The van der Waals surface area contributed by atoms with Gasteiger partial charge >= 0.3 is 0 Å². The van der Waals surface area contributed by atoms with E-state index in [1.807, 2.05) is 0 Å². The zero-order valence-electron chi connectivity index (χ0n) is 29.7. The molecule has 0 atom stereocenters. The van der Waals surface area contributed by atoms with E-state index in [1.165, 1.54) is 66.0 Å². The molecule has 0 saturated carbocycles. The number of para-hydroxylation sites is 3.